The molecule has 21 heavy (non-hydrogen) atoms. The van der Waals surface area contributed by atoms with Crippen molar-refractivity contribution in [1.82, 2.24) is 0 Å². The Kier molecular flexibility index (Phi) is 3.97. The van der Waals surface area contributed by atoms with Crippen molar-refractivity contribution in [3.8, 4) is 23.8 Å². The van der Waals surface area contributed by atoms with Crippen molar-refractivity contribution in [1.29, 1.82) is 0 Å². The lowest BCUT2D eigenvalue weighted by Gasteiger charge is -2.27. The molecule has 1 aliphatic rings. The molecule has 1 heteroatoms. The summed E-state index contributed by atoms with van der Waals surface area (Å²) in [5.41, 5.74) is 3.63. The minimum absolute atomic E-state index is 0.00257. The molecule has 0 spiro atoms. The van der Waals surface area contributed by atoms with Gasteiger partial charge in [-0.05, 0) is 30.5 Å². The average Bonchev–Trinajstić information content (AvgIpc) is 2.53. The average molecular weight is 276 g/mol. The Hall–Kier alpha value is -2.20. The fourth-order valence-electron chi connectivity index (χ4n) is 3.05. The van der Waals surface area contributed by atoms with E-state index in [1.165, 1.54) is 30.4 Å². The second-order valence-electron chi connectivity index (χ2n) is 5.53. The number of unbranched alkanes of at least 4 members (excludes halogenated alkanes) is 2. The number of fused-ring (bicyclic) bond motifs is 2. The molecule has 0 bridgehead atoms. The smallest absolute Gasteiger partial charge is 0.132 e. The lowest BCUT2D eigenvalue weighted by molar-refractivity contribution is 0.453. The van der Waals surface area contributed by atoms with Crippen LogP contribution in [0.25, 0.3) is 0 Å². The molecule has 0 aromatic heterocycles. The molecule has 2 aromatic carbocycles. The van der Waals surface area contributed by atoms with Crippen molar-refractivity contribution in [2.45, 2.75) is 38.5 Å². The second kappa shape index (κ2) is 6.06. The molecule has 2 aromatic rings. The second-order valence-corrected chi connectivity index (χ2v) is 5.53. The molecule has 0 fully saturated rings. The monoisotopic (exact) mass is 276 g/mol. The number of para-hydroxylation sites is 1. The van der Waals surface area contributed by atoms with Gasteiger partial charge < -0.3 is 4.74 Å². The summed E-state index contributed by atoms with van der Waals surface area (Å²) in [6.45, 7) is 2.23. The number of rotatable bonds is 4. The molecule has 0 N–H and O–H groups in total. The molecular weight excluding hydrogens is 256 g/mol. The van der Waals surface area contributed by atoms with E-state index in [2.05, 4.69) is 31.0 Å². The predicted octanol–water partition coefficient (Wildman–Crippen LogP) is 5.29. The van der Waals surface area contributed by atoms with E-state index in [1.807, 2.05) is 24.3 Å². The van der Waals surface area contributed by atoms with E-state index in [0.717, 1.165) is 23.5 Å². The van der Waals surface area contributed by atoms with E-state index >= 15 is 0 Å². The summed E-state index contributed by atoms with van der Waals surface area (Å²) < 4.78 is 6.06. The van der Waals surface area contributed by atoms with Gasteiger partial charge in [0.15, 0.2) is 0 Å². The highest BCUT2D eigenvalue weighted by Crippen LogP contribution is 2.45. The minimum atomic E-state index is 0.00257. The van der Waals surface area contributed by atoms with Gasteiger partial charge in [-0.3, -0.25) is 0 Å². The Morgan fingerprint density at radius 1 is 1.05 bits per heavy atom. The zero-order chi connectivity index (χ0) is 14.7. The van der Waals surface area contributed by atoms with Gasteiger partial charge in [0.1, 0.15) is 11.5 Å². The van der Waals surface area contributed by atoms with E-state index in [9.17, 15) is 0 Å². The lowest BCUT2D eigenvalue weighted by Crippen LogP contribution is -2.11. The van der Waals surface area contributed by atoms with Gasteiger partial charge in [-0.1, -0.05) is 56.0 Å². The third-order valence-corrected chi connectivity index (χ3v) is 4.11. The largest absolute Gasteiger partial charge is 0.457 e. The Labute approximate surface area is 127 Å². The Balaban J connectivity index is 2.03. The van der Waals surface area contributed by atoms with Crippen molar-refractivity contribution in [3.63, 3.8) is 0 Å². The van der Waals surface area contributed by atoms with Crippen molar-refractivity contribution < 1.29 is 4.74 Å². The maximum absolute atomic E-state index is 6.06. The van der Waals surface area contributed by atoms with E-state index in [1.54, 1.807) is 0 Å². The maximum Gasteiger partial charge on any atom is 0.132 e. The SMILES string of the molecule is C#CC1c2ccccc2Oc2cccc(CCCCC)c21. The highest BCUT2D eigenvalue weighted by molar-refractivity contribution is 5.59. The van der Waals surface area contributed by atoms with Crippen LogP contribution < -0.4 is 4.74 Å². The van der Waals surface area contributed by atoms with E-state index in [0.29, 0.717) is 0 Å². The molecule has 1 unspecified atom stereocenters. The Bertz CT molecular complexity index is 678. The first kappa shape index (κ1) is 13.8. The van der Waals surface area contributed by atoms with Crippen molar-refractivity contribution in [2.75, 3.05) is 0 Å². The molecule has 106 valence electrons. The van der Waals surface area contributed by atoms with Crippen LogP contribution in [0.3, 0.4) is 0 Å². The molecule has 0 amide bonds. The van der Waals surface area contributed by atoms with Crippen LogP contribution in [0.15, 0.2) is 42.5 Å². The molecule has 1 aliphatic heterocycles. The molecule has 1 nitrogen and oxygen atoms in total. The van der Waals surface area contributed by atoms with Gasteiger partial charge in [-0.25, -0.2) is 0 Å². The van der Waals surface area contributed by atoms with Crippen LogP contribution in [-0.2, 0) is 6.42 Å². The number of benzene rings is 2. The first-order valence-electron chi connectivity index (χ1n) is 7.69. The fourth-order valence-corrected chi connectivity index (χ4v) is 3.05. The summed E-state index contributed by atoms with van der Waals surface area (Å²) in [6, 6.07) is 14.4. The van der Waals surface area contributed by atoms with E-state index in [4.69, 9.17) is 11.2 Å². The summed E-state index contributed by atoms with van der Waals surface area (Å²) in [5, 5.41) is 0. The number of hydrogen-bond donors (Lipinski definition) is 0. The van der Waals surface area contributed by atoms with E-state index < -0.39 is 0 Å². The Morgan fingerprint density at radius 2 is 1.86 bits per heavy atom. The third kappa shape index (κ3) is 2.54. The van der Waals surface area contributed by atoms with Crippen LogP contribution in [0.2, 0.25) is 0 Å². The van der Waals surface area contributed by atoms with Gasteiger partial charge >= 0.3 is 0 Å². The van der Waals surface area contributed by atoms with Gasteiger partial charge in [0.25, 0.3) is 0 Å². The van der Waals surface area contributed by atoms with E-state index in [-0.39, 0.29) is 5.92 Å². The summed E-state index contributed by atoms with van der Waals surface area (Å²) >= 11 is 0. The van der Waals surface area contributed by atoms with Crippen LogP contribution in [-0.4, -0.2) is 0 Å². The van der Waals surface area contributed by atoms with Gasteiger partial charge in [0, 0.05) is 11.1 Å². The molecule has 0 radical (unpaired) electrons. The van der Waals surface area contributed by atoms with Crippen molar-refractivity contribution in [3.05, 3.63) is 59.2 Å². The molecular formula is C20H20O. The lowest BCUT2D eigenvalue weighted by atomic mass is 9.84. The molecule has 0 aliphatic carbocycles. The van der Waals surface area contributed by atoms with Gasteiger partial charge in [0.05, 0.1) is 5.92 Å². The normalized spacial score (nSPS) is 15.5. The zero-order valence-corrected chi connectivity index (χ0v) is 12.4. The molecule has 3 rings (SSSR count). The quantitative estimate of drug-likeness (QED) is 0.544. The minimum Gasteiger partial charge on any atom is -0.457 e. The first-order chi connectivity index (χ1) is 10.3. The van der Waals surface area contributed by atoms with Crippen molar-refractivity contribution >= 4 is 0 Å². The summed E-state index contributed by atoms with van der Waals surface area (Å²) in [6.07, 6.45) is 10.6. The molecule has 0 saturated heterocycles. The molecule has 1 atom stereocenters. The number of hydrogen-bond acceptors (Lipinski definition) is 1. The summed E-state index contributed by atoms with van der Waals surface area (Å²) in [4.78, 5) is 0. The first-order valence-corrected chi connectivity index (χ1v) is 7.69. The molecule has 0 saturated carbocycles. The maximum atomic E-state index is 6.06. The number of aryl methyl sites for hydroxylation is 1. The van der Waals surface area contributed by atoms with Crippen LogP contribution in [0, 0.1) is 12.3 Å². The molecule has 1 heterocycles. The van der Waals surface area contributed by atoms with Crippen LogP contribution in [0.5, 0.6) is 11.5 Å². The van der Waals surface area contributed by atoms with Crippen LogP contribution >= 0.6 is 0 Å². The van der Waals surface area contributed by atoms with Gasteiger partial charge in [-0.15, -0.1) is 6.42 Å². The fraction of sp³-hybridized carbons (Fsp3) is 0.300. The zero-order valence-electron chi connectivity index (χ0n) is 12.4. The van der Waals surface area contributed by atoms with Gasteiger partial charge in [-0.2, -0.15) is 0 Å². The third-order valence-electron chi connectivity index (χ3n) is 4.11. The van der Waals surface area contributed by atoms with Gasteiger partial charge in [0.2, 0.25) is 0 Å². The highest BCUT2D eigenvalue weighted by atomic mass is 16.5. The number of ether oxygens (including phenoxy) is 1. The number of terminal acetylenes is 1. The summed E-state index contributed by atoms with van der Waals surface area (Å²) in [5.74, 6) is 4.78. The summed E-state index contributed by atoms with van der Waals surface area (Å²) in [7, 11) is 0. The standard InChI is InChI=1S/C20H20O/c1-3-5-6-10-15-11-9-14-19-20(15)16(4-2)17-12-7-8-13-18(17)21-19/h2,7-9,11-14,16H,3,5-6,10H2,1H3. The Morgan fingerprint density at radius 3 is 2.67 bits per heavy atom. The van der Waals surface area contributed by atoms with Crippen LogP contribution in [0.4, 0.5) is 0 Å². The predicted molar refractivity (Wildman–Crippen MR) is 86.9 cm³/mol. The highest BCUT2D eigenvalue weighted by Gasteiger charge is 2.27. The van der Waals surface area contributed by atoms with Crippen LogP contribution in [0.1, 0.15) is 48.8 Å². The topological polar surface area (TPSA) is 9.23 Å². The van der Waals surface area contributed by atoms with Crippen molar-refractivity contribution in [2.24, 2.45) is 0 Å².